The van der Waals surface area contributed by atoms with Crippen molar-refractivity contribution in [1.29, 1.82) is 0 Å². The van der Waals surface area contributed by atoms with E-state index < -0.39 is 0 Å². The Balaban J connectivity index is 1.63. The molecule has 0 amide bonds. The minimum Gasteiger partial charge on any atom is -0.375 e. The minimum absolute atomic E-state index is 0.398. The molecule has 1 saturated heterocycles. The van der Waals surface area contributed by atoms with Gasteiger partial charge in [-0.3, -0.25) is 0 Å². The highest BCUT2D eigenvalue weighted by molar-refractivity contribution is 4.80. The number of nitrogens with zero attached hydrogens (tertiary/aromatic N) is 1. The summed E-state index contributed by atoms with van der Waals surface area (Å²) in [7, 11) is 0. The van der Waals surface area contributed by atoms with E-state index in [0.29, 0.717) is 12.2 Å². The van der Waals surface area contributed by atoms with Crippen molar-refractivity contribution in [2.45, 2.75) is 51.7 Å². The van der Waals surface area contributed by atoms with Gasteiger partial charge in [0, 0.05) is 19.6 Å². The monoisotopic (exact) mass is 197 g/mol. The summed E-state index contributed by atoms with van der Waals surface area (Å²) in [4.78, 5) is 2.62. The molecule has 1 aliphatic heterocycles. The number of hydrogen-bond acceptors (Lipinski definition) is 2. The van der Waals surface area contributed by atoms with Crippen molar-refractivity contribution in [1.82, 2.24) is 4.90 Å². The van der Waals surface area contributed by atoms with Crippen molar-refractivity contribution >= 4 is 0 Å². The highest BCUT2D eigenvalue weighted by atomic mass is 16.5. The number of ether oxygens (including phenoxy) is 1. The normalized spacial score (nSPS) is 25.9. The number of hydrogen-bond donors (Lipinski definition) is 0. The molecule has 2 heteroatoms. The molecule has 0 aromatic carbocycles. The number of likely N-dealkylation sites (tertiary alicyclic amines) is 1. The fraction of sp³-hybridized carbons (Fsp3) is 1.00. The topological polar surface area (TPSA) is 12.5 Å². The van der Waals surface area contributed by atoms with Crippen molar-refractivity contribution in [2.24, 2.45) is 5.92 Å². The van der Waals surface area contributed by atoms with Gasteiger partial charge < -0.3 is 9.64 Å². The van der Waals surface area contributed by atoms with E-state index in [9.17, 15) is 0 Å². The lowest BCUT2D eigenvalue weighted by atomic mass is 10.1. The number of rotatable bonds is 4. The third-order valence-corrected chi connectivity index (χ3v) is 3.21. The van der Waals surface area contributed by atoms with Crippen LogP contribution in [0.3, 0.4) is 0 Å². The molecule has 2 fully saturated rings. The molecule has 2 rings (SSSR count). The van der Waals surface area contributed by atoms with Gasteiger partial charge >= 0.3 is 0 Å². The zero-order valence-corrected chi connectivity index (χ0v) is 9.54. The maximum Gasteiger partial charge on any atom is 0.0603 e. The first-order chi connectivity index (χ1) is 6.74. The lowest BCUT2D eigenvalue weighted by Crippen LogP contribution is -2.38. The van der Waals surface area contributed by atoms with Crippen molar-refractivity contribution in [3.63, 3.8) is 0 Å². The first-order valence-electron chi connectivity index (χ1n) is 6.12. The Morgan fingerprint density at radius 1 is 1.14 bits per heavy atom. The Morgan fingerprint density at radius 3 is 2.29 bits per heavy atom. The molecular weight excluding hydrogens is 174 g/mol. The van der Waals surface area contributed by atoms with Crippen molar-refractivity contribution in [2.75, 3.05) is 19.6 Å². The van der Waals surface area contributed by atoms with E-state index in [1.807, 2.05) is 0 Å². The van der Waals surface area contributed by atoms with Crippen LogP contribution in [0.15, 0.2) is 0 Å². The first kappa shape index (κ1) is 10.4. The van der Waals surface area contributed by atoms with Crippen LogP contribution in [0.5, 0.6) is 0 Å². The van der Waals surface area contributed by atoms with Crippen LogP contribution in [0.25, 0.3) is 0 Å². The van der Waals surface area contributed by atoms with Crippen molar-refractivity contribution < 1.29 is 4.74 Å². The Kier molecular flexibility index (Phi) is 3.45. The van der Waals surface area contributed by atoms with Gasteiger partial charge in [0.2, 0.25) is 0 Å². The summed E-state index contributed by atoms with van der Waals surface area (Å²) in [6.45, 7) is 8.14. The molecule has 1 aliphatic carbocycles. The predicted octanol–water partition coefficient (Wildman–Crippen LogP) is 2.29. The van der Waals surface area contributed by atoms with E-state index in [0.717, 1.165) is 5.92 Å². The van der Waals surface area contributed by atoms with E-state index in [2.05, 4.69) is 18.7 Å². The molecule has 0 aromatic rings. The largest absolute Gasteiger partial charge is 0.375 e. The zero-order chi connectivity index (χ0) is 9.97. The first-order valence-corrected chi connectivity index (χ1v) is 6.12. The van der Waals surface area contributed by atoms with Crippen LogP contribution in [0.1, 0.15) is 39.5 Å². The second-order valence-electron chi connectivity index (χ2n) is 5.13. The molecule has 0 unspecified atom stereocenters. The average Bonchev–Trinajstić information content (AvgIpc) is 2.91. The molecule has 1 saturated carbocycles. The van der Waals surface area contributed by atoms with Gasteiger partial charge in [-0.05, 0) is 45.4 Å². The van der Waals surface area contributed by atoms with Crippen LogP contribution in [0.4, 0.5) is 0 Å². The van der Waals surface area contributed by atoms with Crippen LogP contribution >= 0.6 is 0 Å². The molecule has 2 nitrogen and oxygen atoms in total. The van der Waals surface area contributed by atoms with E-state index in [4.69, 9.17) is 4.74 Å². The van der Waals surface area contributed by atoms with Gasteiger partial charge in [0.1, 0.15) is 0 Å². The maximum atomic E-state index is 5.83. The van der Waals surface area contributed by atoms with Gasteiger partial charge in [-0.15, -0.1) is 0 Å². The van der Waals surface area contributed by atoms with E-state index in [1.165, 1.54) is 45.3 Å². The Hall–Kier alpha value is -0.0800. The summed E-state index contributed by atoms with van der Waals surface area (Å²) in [6.07, 6.45) is 6.36. The summed E-state index contributed by atoms with van der Waals surface area (Å²) < 4.78 is 5.83. The maximum absolute atomic E-state index is 5.83. The summed E-state index contributed by atoms with van der Waals surface area (Å²) in [5, 5.41) is 0. The van der Waals surface area contributed by atoms with E-state index >= 15 is 0 Å². The van der Waals surface area contributed by atoms with Crippen LogP contribution < -0.4 is 0 Å². The smallest absolute Gasteiger partial charge is 0.0603 e. The average molecular weight is 197 g/mol. The molecule has 2 aliphatic rings. The number of piperidine rings is 1. The molecule has 82 valence electrons. The highest BCUT2D eigenvalue weighted by Crippen LogP contribution is 2.30. The fourth-order valence-electron chi connectivity index (χ4n) is 2.28. The fourth-order valence-corrected chi connectivity index (χ4v) is 2.28. The van der Waals surface area contributed by atoms with E-state index in [1.54, 1.807) is 0 Å². The predicted molar refractivity (Wildman–Crippen MR) is 58.4 cm³/mol. The molecule has 0 aromatic heterocycles. The van der Waals surface area contributed by atoms with Crippen LogP contribution in [-0.4, -0.2) is 36.7 Å². The molecule has 14 heavy (non-hydrogen) atoms. The third-order valence-electron chi connectivity index (χ3n) is 3.21. The summed E-state index contributed by atoms with van der Waals surface area (Å²) in [6, 6.07) is 0. The van der Waals surface area contributed by atoms with Gasteiger partial charge in [0.15, 0.2) is 0 Å². The summed E-state index contributed by atoms with van der Waals surface area (Å²) >= 11 is 0. The van der Waals surface area contributed by atoms with Crippen LogP contribution in [-0.2, 0) is 4.74 Å². The Morgan fingerprint density at radius 2 is 1.79 bits per heavy atom. The van der Waals surface area contributed by atoms with Gasteiger partial charge in [0.25, 0.3) is 0 Å². The lowest BCUT2D eigenvalue weighted by molar-refractivity contribution is -0.0272. The molecule has 1 heterocycles. The van der Waals surface area contributed by atoms with Gasteiger partial charge in [0.05, 0.1) is 12.2 Å². The van der Waals surface area contributed by atoms with E-state index in [-0.39, 0.29) is 0 Å². The zero-order valence-electron chi connectivity index (χ0n) is 9.54. The molecule has 0 atom stereocenters. The molecule has 0 spiro atoms. The van der Waals surface area contributed by atoms with Crippen molar-refractivity contribution in [3.05, 3.63) is 0 Å². The van der Waals surface area contributed by atoms with Crippen LogP contribution in [0.2, 0.25) is 0 Å². The third kappa shape index (κ3) is 3.25. The lowest BCUT2D eigenvalue weighted by Gasteiger charge is -2.32. The minimum atomic E-state index is 0.398. The van der Waals surface area contributed by atoms with Crippen molar-refractivity contribution in [3.8, 4) is 0 Å². The molecule has 0 radical (unpaired) electrons. The molecule has 0 N–H and O–H groups in total. The quantitative estimate of drug-likeness (QED) is 0.685. The van der Waals surface area contributed by atoms with Gasteiger partial charge in [-0.2, -0.15) is 0 Å². The Labute approximate surface area is 87.6 Å². The SMILES string of the molecule is CC(C)OC1CCN(CC2CC2)CC1. The summed E-state index contributed by atoms with van der Waals surface area (Å²) in [5.74, 6) is 1.04. The second kappa shape index (κ2) is 4.63. The Bertz CT molecular complexity index is 157. The van der Waals surface area contributed by atoms with Gasteiger partial charge in [-0.1, -0.05) is 0 Å². The second-order valence-corrected chi connectivity index (χ2v) is 5.13. The molecule has 0 bridgehead atoms. The highest BCUT2D eigenvalue weighted by Gasteiger charge is 2.27. The standard InChI is InChI=1S/C12H23NO/c1-10(2)14-12-5-7-13(8-6-12)9-11-3-4-11/h10-12H,3-9H2,1-2H3. The van der Waals surface area contributed by atoms with Crippen LogP contribution in [0, 0.1) is 5.92 Å². The summed E-state index contributed by atoms with van der Waals surface area (Å²) in [5.41, 5.74) is 0. The molecular formula is C12H23NO. The van der Waals surface area contributed by atoms with Gasteiger partial charge in [-0.25, -0.2) is 0 Å².